The van der Waals surface area contributed by atoms with Gasteiger partial charge < -0.3 is 15.8 Å². The second kappa shape index (κ2) is 5.96. The molecule has 0 unspecified atom stereocenters. The zero-order valence-corrected chi connectivity index (χ0v) is 12.6. The topological polar surface area (TPSA) is 64.4 Å². The van der Waals surface area contributed by atoms with Gasteiger partial charge in [-0.05, 0) is 31.5 Å². The summed E-state index contributed by atoms with van der Waals surface area (Å²) in [5.74, 6) is 0.661. The Morgan fingerprint density at radius 3 is 2.55 bits per heavy atom. The molecule has 0 atom stereocenters. The van der Waals surface area contributed by atoms with E-state index in [9.17, 15) is 4.79 Å². The highest BCUT2D eigenvalue weighted by Crippen LogP contribution is 2.38. The van der Waals surface area contributed by atoms with Crippen LogP contribution in [0.25, 0.3) is 11.1 Å². The first kappa shape index (κ1) is 14.4. The molecule has 5 heteroatoms. The molecule has 0 aliphatic heterocycles. The molecule has 0 radical (unpaired) electrons. The Balaban J connectivity index is 2.51. The van der Waals surface area contributed by atoms with Gasteiger partial charge in [-0.3, -0.25) is 4.79 Å². The average Bonchev–Trinajstić information content (AvgIpc) is 2.74. The molecule has 1 heterocycles. The predicted octanol–water partition coefficient (Wildman–Crippen LogP) is 3.06. The van der Waals surface area contributed by atoms with Crippen LogP contribution < -0.4 is 15.8 Å². The molecule has 2 aromatic rings. The molecule has 3 N–H and O–H groups in total. The summed E-state index contributed by atoms with van der Waals surface area (Å²) in [7, 11) is 1.63. The molecule has 0 aliphatic carbocycles. The van der Waals surface area contributed by atoms with E-state index >= 15 is 0 Å². The summed E-state index contributed by atoms with van der Waals surface area (Å²) in [6.45, 7) is 4.44. The number of hydrogen-bond donors (Lipinski definition) is 2. The largest absolute Gasteiger partial charge is 0.497 e. The number of aryl methyl sites for hydroxylation is 1. The van der Waals surface area contributed by atoms with Crippen LogP contribution in [0.15, 0.2) is 24.3 Å². The van der Waals surface area contributed by atoms with E-state index in [1.165, 1.54) is 11.3 Å². The van der Waals surface area contributed by atoms with Crippen LogP contribution in [0.2, 0.25) is 0 Å². The van der Waals surface area contributed by atoms with Crippen LogP contribution >= 0.6 is 11.3 Å². The number of carbonyl (C=O) groups excluding carboxylic acids is 1. The van der Waals surface area contributed by atoms with Gasteiger partial charge in [0.1, 0.15) is 5.75 Å². The van der Waals surface area contributed by atoms with Crippen molar-refractivity contribution in [2.45, 2.75) is 13.8 Å². The lowest BCUT2D eigenvalue weighted by Crippen LogP contribution is -2.23. The van der Waals surface area contributed by atoms with Crippen LogP contribution in [0.4, 0.5) is 5.00 Å². The van der Waals surface area contributed by atoms with Crippen LogP contribution in [0.3, 0.4) is 0 Å². The molecule has 0 bridgehead atoms. The Hall–Kier alpha value is -2.01. The number of nitrogens with two attached hydrogens (primary N) is 1. The molecule has 1 aromatic carbocycles. The Morgan fingerprint density at radius 2 is 2.00 bits per heavy atom. The lowest BCUT2D eigenvalue weighted by Gasteiger charge is -2.08. The van der Waals surface area contributed by atoms with Crippen molar-refractivity contribution in [3.8, 4) is 16.9 Å². The second-order valence-corrected chi connectivity index (χ2v) is 5.62. The lowest BCUT2D eigenvalue weighted by atomic mass is 10.0. The van der Waals surface area contributed by atoms with Crippen LogP contribution in [0, 0.1) is 6.92 Å². The van der Waals surface area contributed by atoms with Crippen molar-refractivity contribution in [2.24, 2.45) is 0 Å². The predicted molar refractivity (Wildman–Crippen MR) is 83.5 cm³/mol. The number of methoxy groups -OCH3 is 1. The van der Waals surface area contributed by atoms with E-state index in [1.54, 1.807) is 7.11 Å². The molecule has 0 spiro atoms. The van der Waals surface area contributed by atoms with Crippen molar-refractivity contribution in [1.82, 2.24) is 5.32 Å². The van der Waals surface area contributed by atoms with E-state index in [2.05, 4.69) is 5.32 Å². The summed E-state index contributed by atoms with van der Waals surface area (Å²) in [5, 5.41) is 3.37. The van der Waals surface area contributed by atoms with E-state index in [-0.39, 0.29) is 5.91 Å². The van der Waals surface area contributed by atoms with Crippen molar-refractivity contribution >= 4 is 22.2 Å². The van der Waals surface area contributed by atoms with Gasteiger partial charge in [0, 0.05) is 17.0 Å². The van der Waals surface area contributed by atoms with Crippen LogP contribution in [-0.4, -0.2) is 19.6 Å². The number of rotatable bonds is 4. The highest BCUT2D eigenvalue weighted by Gasteiger charge is 2.21. The summed E-state index contributed by atoms with van der Waals surface area (Å²) in [5.41, 5.74) is 8.44. The number of anilines is 1. The highest BCUT2D eigenvalue weighted by molar-refractivity contribution is 7.16. The van der Waals surface area contributed by atoms with Gasteiger partial charge in [-0.1, -0.05) is 12.1 Å². The van der Waals surface area contributed by atoms with Crippen molar-refractivity contribution in [3.05, 3.63) is 34.7 Å². The molecular formula is C15H18N2O2S. The lowest BCUT2D eigenvalue weighted by molar-refractivity contribution is 0.0957. The van der Waals surface area contributed by atoms with Crippen LogP contribution in [0.5, 0.6) is 5.75 Å². The Labute approximate surface area is 122 Å². The summed E-state index contributed by atoms with van der Waals surface area (Å²) < 4.78 is 5.16. The Kier molecular flexibility index (Phi) is 4.29. The number of ether oxygens (including phenoxy) is 1. The quantitative estimate of drug-likeness (QED) is 0.909. The third-order valence-corrected chi connectivity index (χ3v) is 3.99. The Morgan fingerprint density at radius 1 is 1.35 bits per heavy atom. The number of hydrogen-bond acceptors (Lipinski definition) is 4. The third-order valence-electron chi connectivity index (χ3n) is 3.05. The number of nitrogens with one attached hydrogen (secondary N) is 1. The normalized spacial score (nSPS) is 10.3. The summed E-state index contributed by atoms with van der Waals surface area (Å²) >= 11 is 1.44. The molecule has 0 saturated heterocycles. The van der Waals surface area contributed by atoms with Gasteiger partial charge in [0.2, 0.25) is 0 Å². The molecule has 1 aromatic heterocycles. The zero-order chi connectivity index (χ0) is 14.7. The van der Waals surface area contributed by atoms with E-state index in [0.717, 1.165) is 21.8 Å². The van der Waals surface area contributed by atoms with E-state index < -0.39 is 0 Å². The maximum absolute atomic E-state index is 12.2. The minimum atomic E-state index is -0.125. The second-order valence-electron chi connectivity index (χ2n) is 4.36. The van der Waals surface area contributed by atoms with Crippen molar-refractivity contribution in [3.63, 3.8) is 0 Å². The molecule has 1 amide bonds. The molecule has 2 rings (SSSR count). The van der Waals surface area contributed by atoms with Crippen LogP contribution in [-0.2, 0) is 0 Å². The van der Waals surface area contributed by atoms with Crippen molar-refractivity contribution in [2.75, 3.05) is 19.4 Å². The fourth-order valence-electron chi connectivity index (χ4n) is 2.15. The molecule has 20 heavy (non-hydrogen) atoms. The molecule has 0 fully saturated rings. The first-order chi connectivity index (χ1) is 9.58. The number of benzene rings is 1. The van der Waals surface area contributed by atoms with Gasteiger partial charge in [0.25, 0.3) is 5.91 Å². The smallest absolute Gasteiger partial charge is 0.254 e. The van der Waals surface area contributed by atoms with Gasteiger partial charge >= 0.3 is 0 Å². The van der Waals surface area contributed by atoms with Gasteiger partial charge in [-0.25, -0.2) is 0 Å². The van der Waals surface area contributed by atoms with E-state index in [1.807, 2.05) is 38.1 Å². The number of thiophene rings is 1. The summed E-state index contributed by atoms with van der Waals surface area (Å²) in [6.07, 6.45) is 0. The maximum Gasteiger partial charge on any atom is 0.254 e. The fourth-order valence-corrected chi connectivity index (χ4v) is 3.09. The third kappa shape index (κ3) is 2.63. The SMILES string of the molecule is CCNC(=O)c1c(N)sc(C)c1-c1ccc(OC)cc1. The molecule has 106 valence electrons. The molecular weight excluding hydrogens is 272 g/mol. The number of nitrogen functional groups attached to an aromatic ring is 1. The maximum atomic E-state index is 12.2. The summed E-state index contributed by atoms with van der Waals surface area (Å²) in [6, 6.07) is 7.64. The number of carbonyl (C=O) groups is 1. The van der Waals surface area contributed by atoms with E-state index in [4.69, 9.17) is 10.5 Å². The minimum absolute atomic E-state index is 0.125. The van der Waals surface area contributed by atoms with Crippen molar-refractivity contribution in [1.29, 1.82) is 0 Å². The molecule has 0 saturated carbocycles. The van der Waals surface area contributed by atoms with Gasteiger partial charge in [0.15, 0.2) is 0 Å². The zero-order valence-electron chi connectivity index (χ0n) is 11.8. The molecule has 4 nitrogen and oxygen atoms in total. The minimum Gasteiger partial charge on any atom is -0.497 e. The number of amides is 1. The molecule has 0 aliphatic rings. The first-order valence-electron chi connectivity index (χ1n) is 6.40. The van der Waals surface area contributed by atoms with Gasteiger partial charge in [0.05, 0.1) is 17.7 Å². The average molecular weight is 290 g/mol. The standard InChI is InChI=1S/C15H18N2O2S/c1-4-17-15(18)13-12(9(2)20-14(13)16)10-5-7-11(19-3)8-6-10/h5-8H,4,16H2,1-3H3,(H,17,18). The first-order valence-corrected chi connectivity index (χ1v) is 7.21. The van der Waals surface area contributed by atoms with E-state index in [0.29, 0.717) is 17.1 Å². The van der Waals surface area contributed by atoms with Crippen molar-refractivity contribution < 1.29 is 9.53 Å². The highest BCUT2D eigenvalue weighted by atomic mass is 32.1. The van der Waals surface area contributed by atoms with Gasteiger partial charge in [-0.15, -0.1) is 11.3 Å². The fraction of sp³-hybridized carbons (Fsp3) is 0.267. The van der Waals surface area contributed by atoms with Gasteiger partial charge in [-0.2, -0.15) is 0 Å². The summed E-state index contributed by atoms with van der Waals surface area (Å²) in [4.78, 5) is 13.2. The van der Waals surface area contributed by atoms with Crippen LogP contribution in [0.1, 0.15) is 22.2 Å². The monoisotopic (exact) mass is 290 g/mol. The Bertz CT molecular complexity index is 618.